The van der Waals surface area contributed by atoms with Gasteiger partial charge in [-0.2, -0.15) is 0 Å². The van der Waals surface area contributed by atoms with Gasteiger partial charge >= 0.3 is 0 Å². The van der Waals surface area contributed by atoms with Gasteiger partial charge in [-0.15, -0.1) is 0 Å². The van der Waals surface area contributed by atoms with Gasteiger partial charge in [-0.1, -0.05) is 18.2 Å². The zero-order chi connectivity index (χ0) is 15.3. The van der Waals surface area contributed by atoms with Gasteiger partial charge in [-0.3, -0.25) is 4.79 Å². The summed E-state index contributed by atoms with van der Waals surface area (Å²) < 4.78 is 10.8. The lowest BCUT2D eigenvalue weighted by Gasteiger charge is -2.35. The molecule has 1 aliphatic heterocycles. The highest BCUT2D eigenvalue weighted by atomic mass is 16.5. The third-order valence-corrected chi connectivity index (χ3v) is 3.83. The van der Waals surface area contributed by atoms with Crippen LogP contribution in [0.4, 0.5) is 0 Å². The normalized spacial score (nSPS) is 17.3. The lowest BCUT2D eigenvalue weighted by molar-refractivity contribution is -0.138. The number of amides is 1. The number of aryl methyl sites for hydroxylation is 1. The molecule has 1 saturated heterocycles. The maximum Gasteiger partial charge on any atom is 0.260 e. The first kappa shape index (κ1) is 15.8. The largest absolute Gasteiger partial charge is 0.484 e. The molecule has 5 nitrogen and oxygen atoms in total. The van der Waals surface area contributed by atoms with Crippen molar-refractivity contribution in [1.82, 2.24) is 4.90 Å². The molecule has 0 radical (unpaired) electrons. The fraction of sp³-hybridized carbons (Fsp3) is 0.562. The van der Waals surface area contributed by atoms with Gasteiger partial charge in [0.25, 0.3) is 5.91 Å². The van der Waals surface area contributed by atoms with E-state index in [1.54, 1.807) is 7.05 Å². The molecule has 1 aromatic carbocycles. The van der Waals surface area contributed by atoms with E-state index >= 15 is 0 Å². The Hall–Kier alpha value is -1.59. The molecule has 0 aliphatic carbocycles. The summed E-state index contributed by atoms with van der Waals surface area (Å²) in [5, 5.41) is 10.4. The van der Waals surface area contributed by atoms with Gasteiger partial charge in [-0.05, 0) is 18.6 Å². The van der Waals surface area contributed by atoms with Gasteiger partial charge in [0.05, 0.1) is 5.60 Å². The molecule has 1 N–H and O–H groups in total. The third-order valence-electron chi connectivity index (χ3n) is 3.83. The summed E-state index contributed by atoms with van der Waals surface area (Å²) in [6.45, 7) is 3.31. The summed E-state index contributed by atoms with van der Waals surface area (Å²) >= 11 is 0. The first-order chi connectivity index (χ1) is 10.0. The molecule has 0 bridgehead atoms. The van der Waals surface area contributed by atoms with Crippen LogP contribution in [0.1, 0.15) is 18.4 Å². The van der Waals surface area contributed by atoms with Crippen molar-refractivity contribution in [2.45, 2.75) is 25.4 Å². The maximum atomic E-state index is 12.1. The number of aliphatic hydroxyl groups is 1. The second-order valence-electron chi connectivity index (χ2n) is 5.64. The summed E-state index contributed by atoms with van der Waals surface area (Å²) in [6.07, 6.45) is 1.12. The van der Waals surface area contributed by atoms with Crippen LogP contribution < -0.4 is 4.74 Å². The van der Waals surface area contributed by atoms with E-state index in [2.05, 4.69) is 0 Å². The van der Waals surface area contributed by atoms with E-state index in [9.17, 15) is 9.90 Å². The molecule has 2 rings (SSSR count). The summed E-state index contributed by atoms with van der Waals surface area (Å²) in [5.74, 6) is 0.571. The number of likely N-dealkylation sites (N-methyl/N-ethyl adjacent to an activating group) is 1. The van der Waals surface area contributed by atoms with Gasteiger partial charge in [0.2, 0.25) is 0 Å². The van der Waals surface area contributed by atoms with Crippen molar-refractivity contribution in [3.63, 3.8) is 0 Å². The SMILES string of the molecule is Cc1ccccc1OCC(=O)N(C)CC1(O)CCOCC1. The lowest BCUT2D eigenvalue weighted by Crippen LogP contribution is -2.48. The van der Waals surface area contributed by atoms with Crippen LogP contribution >= 0.6 is 0 Å². The van der Waals surface area contributed by atoms with Crippen molar-refractivity contribution in [2.24, 2.45) is 0 Å². The predicted molar refractivity (Wildman–Crippen MR) is 79.3 cm³/mol. The fourth-order valence-electron chi connectivity index (χ4n) is 2.41. The van der Waals surface area contributed by atoms with Crippen molar-refractivity contribution in [1.29, 1.82) is 0 Å². The molecule has 0 saturated carbocycles. The standard InChI is InChI=1S/C16H23NO4/c1-13-5-3-4-6-14(13)21-11-15(18)17(2)12-16(19)7-9-20-10-8-16/h3-6,19H,7-12H2,1-2H3. The Kier molecular flexibility index (Phi) is 5.20. The zero-order valence-electron chi connectivity index (χ0n) is 12.7. The number of nitrogens with zero attached hydrogens (tertiary/aromatic N) is 1. The Morgan fingerprint density at radius 3 is 2.71 bits per heavy atom. The van der Waals surface area contributed by atoms with E-state index in [1.807, 2.05) is 31.2 Å². The van der Waals surface area contributed by atoms with Crippen molar-refractivity contribution >= 4 is 5.91 Å². The van der Waals surface area contributed by atoms with Crippen LogP contribution in [0, 0.1) is 6.92 Å². The van der Waals surface area contributed by atoms with E-state index in [0.29, 0.717) is 38.3 Å². The number of ether oxygens (including phenoxy) is 2. The average molecular weight is 293 g/mol. The molecule has 116 valence electrons. The summed E-state index contributed by atoms with van der Waals surface area (Å²) in [6, 6.07) is 7.58. The molecule has 1 aromatic rings. The van der Waals surface area contributed by atoms with Crippen molar-refractivity contribution in [3.05, 3.63) is 29.8 Å². The number of hydrogen-bond acceptors (Lipinski definition) is 4. The van der Waals surface area contributed by atoms with Crippen LogP contribution in [0.25, 0.3) is 0 Å². The highest BCUT2D eigenvalue weighted by Crippen LogP contribution is 2.21. The van der Waals surface area contributed by atoms with Crippen molar-refractivity contribution < 1.29 is 19.4 Å². The predicted octanol–water partition coefficient (Wildman–Crippen LogP) is 1.37. The van der Waals surface area contributed by atoms with Crippen LogP contribution in [-0.2, 0) is 9.53 Å². The molecule has 1 heterocycles. The van der Waals surface area contributed by atoms with Gasteiger partial charge in [-0.25, -0.2) is 0 Å². The van der Waals surface area contributed by atoms with E-state index in [-0.39, 0.29) is 12.5 Å². The van der Waals surface area contributed by atoms with Crippen LogP contribution in [0.15, 0.2) is 24.3 Å². The van der Waals surface area contributed by atoms with E-state index in [1.165, 1.54) is 4.90 Å². The first-order valence-electron chi connectivity index (χ1n) is 7.23. The Bertz CT molecular complexity index is 483. The Morgan fingerprint density at radius 2 is 2.05 bits per heavy atom. The molecule has 0 aromatic heterocycles. The topological polar surface area (TPSA) is 59.0 Å². The minimum Gasteiger partial charge on any atom is -0.484 e. The molecule has 0 unspecified atom stereocenters. The maximum absolute atomic E-state index is 12.1. The Labute approximate surface area is 125 Å². The summed E-state index contributed by atoms with van der Waals surface area (Å²) in [5.41, 5.74) is 0.154. The van der Waals surface area contributed by atoms with Crippen LogP contribution in [0.2, 0.25) is 0 Å². The molecule has 1 fully saturated rings. The van der Waals surface area contributed by atoms with Crippen molar-refractivity contribution in [3.8, 4) is 5.75 Å². The number of para-hydroxylation sites is 1. The van der Waals surface area contributed by atoms with Gasteiger partial charge in [0.15, 0.2) is 6.61 Å². The monoisotopic (exact) mass is 293 g/mol. The molecule has 1 amide bonds. The van der Waals surface area contributed by atoms with E-state index in [0.717, 1.165) is 5.56 Å². The highest BCUT2D eigenvalue weighted by Gasteiger charge is 2.32. The second-order valence-corrected chi connectivity index (χ2v) is 5.64. The molecule has 0 atom stereocenters. The molecular weight excluding hydrogens is 270 g/mol. The number of rotatable bonds is 5. The number of carbonyl (C=O) groups excluding carboxylic acids is 1. The summed E-state index contributed by atoms with van der Waals surface area (Å²) in [7, 11) is 1.69. The Morgan fingerprint density at radius 1 is 1.38 bits per heavy atom. The second kappa shape index (κ2) is 6.91. The zero-order valence-corrected chi connectivity index (χ0v) is 12.7. The summed E-state index contributed by atoms with van der Waals surface area (Å²) in [4.78, 5) is 13.6. The van der Waals surface area contributed by atoms with Gasteiger partial charge < -0.3 is 19.5 Å². The number of carbonyl (C=O) groups is 1. The van der Waals surface area contributed by atoms with Gasteiger partial charge in [0, 0.05) is 39.6 Å². The highest BCUT2D eigenvalue weighted by molar-refractivity contribution is 5.77. The number of benzene rings is 1. The Balaban J connectivity index is 1.84. The third kappa shape index (κ3) is 4.44. The van der Waals surface area contributed by atoms with Gasteiger partial charge in [0.1, 0.15) is 5.75 Å². The smallest absolute Gasteiger partial charge is 0.260 e. The molecular formula is C16H23NO4. The van der Waals surface area contributed by atoms with E-state index in [4.69, 9.17) is 9.47 Å². The molecule has 1 aliphatic rings. The fourth-order valence-corrected chi connectivity index (χ4v) is 2.41. The van der Waals surface area contributed by atoms with Crippen LogP contribution in [-0.4, -0.2) is 54.9 Å². The van der Waals surface area contributed by atoms with Crippen LogP contribution in [0.5, 0.6) is 5.75 Å². The average Bonchev–Trinajstić information content (AvgIpc) is 2.46. The molecule has 0 spiro atoms. The minimum absolute atomic E-state index is 0.0199. The quantitative estimate of drug-likeness (QED) is 0.891. The van der Waals surface area contributed by atoms with Crippen LogP contribution in [0.3, 0.4) is 0 Å². The number of hydrogen-bond donors (Lipinski definition) is 1. The lowest BCUT2D eigenvalue weighted by atomic mass is 9.94. The van der Waals surface area contributed by atoms with Crippen molar-refractivity contribution in [2.75, 3.05) is 33.4 Å². The van der Waals surface area contributed by atoms with E-state index < -0.39 is 5.60 Å². The molecule has 21 heavy (non-hydrogen) atoms. The molecule has 5 heteroatoms. The first-order valence-corrected chi connectivity index (χ1v) is 7.23. The minimum atomic E-state index is -0.842.